The van der Waals surface area contributed by atoms with Crippen LogP contribution in [0, 0.1) is 0 Å². The molecule has 2 heterocycles. The number of thiophene rings is 1. The van der Waals surface area contributed by atoms with Crippen molar-refractivity contribution in [3.63, 3.8) is 0 Å². The maximum Gasteiger partial charge on any atom is 0.264 e. The molecule has 5 heteroatoms. The molecule has 0 saturated carbocycles. The third kappa shape index (κ3) is 3.51. The second kappa shape index (κ2) is 7.18. The minimum absolute atomic E-state index is 0.0437. The molecule has 0 unspecified atom stereocenters. The van der Waals surface area contributed by atoms with Crippen LogP contribution in [0.25, 0.3) is 0 Å². The highest BCUT2D eigenvalue weighted by Gasteiger charge is 2.34. The van der Waals surface area contributed by atoms with Crippen molar-refractivity contribution in [1.29, 1.82) is 0 Å². The minimum Gasteiger partial charge on any atom is -0.326 e. The van der Waals surface area contributed by atoms with Crippen molar-refractivity contribution in [2.45, 2.75) is 38.6 Å². The van der Waals surface area contributed by atoms with E-state index in [0.29, 0.717) is 23.8 Å². The molecule has 1 aromatic heterocycles. The summed E-state index contributed by atoms with van der Waals surface area (Å²) in [6.45, 7) is 4.92. The molecule has 0 spiro atoms. The number of carbonyl (C=O) groups excluding carboxylic acids is 2. The summed E-state index contributed by atoms with van der Waals surface area (Å²) >= 11 is 1.42. The average molecular weight is 342 g/mol. The monoisotopic (exact) mass is 342 g/mol. The van der Waals surface area contributed by atoms with Gasteiger partial charge in [0.25, 0.3) is 5.91 Å². The van der Waals surface area contributed by atoms with Gasteiger partial charge in [-0.05, 0) is 47.9 Å². The van der Waals surface area contributed by atoms with Gasteiger partial charge in [0.1, 0.15) is 6.04 Å². The summed E-state index contributed by atoms with van der Waals surface area (Å²) in [5.41, 5.74) is 2.02. The van der Waals surface area contributed by atoms with Crippen LogP contribution < -0.4 is 5.32 Å². The van der Waals surface area contributed by atoms with Gasteiger partial charge in [-0.1, -0.05) is 32.0 Å². The maximum atomic E-state index is 12.6. The molecular formula is C19H22N2O2S. The Morgan fingerprint density at radius 1 is 1.21 bits per heavy atom. The zero-order chi connectivity index (χ0) is 17.1. The zero-order valence-corrected chi connectivity index (χ0v) is 14.8. The Balaban J connectivity index is 1.68. The van der Waals surface area contributed by atoms with E-state index in [2.05, 4.69) is 19.2 Å². The van der Waals surface area contributed by atoms with Crippen molar-refractivity contribution in [3.05, 3.63) is 52.2 Å². The first-order valence-corrected chi connectivity index (χ1v) is 9.19. The molecule has 1 aliphatic rings. The van der Waals surface area contributed by atoms with E-state index in [9.17, 15) is 9.59 Å². The lowest BCUT2D eigenvalue weighted by molar-refractivity contribution is -0.119. The lowest BCUT2D eigenvalue weighted by Gasteiger charge is -2.23. The van der Waals surface area contributed by atoms with Gasteiger partial charge < -0.3 is 10.2 Å². The zero-order valence-electron chi connectivity index (χ0n) is 14.0. The van der Waals surface area contributed by atoms with E-state index in [-0.39, 0.29) is 17.9 Å². The number of anilines is 1. The Kier molecular flexibility index (Phi) is 5.00. The van der Waals surface area contributed by atoms with Crippen LogP contribution in [0.4, 0.5) is 5.69 Å². The first-order valence-electron chi connectivity index (χ1n) is 8.31. The standard InChI is InChI=1S/C19H22N2O2S/c1-13(2)14-7-9-15(10-8-14)20-18(22)16-5-3-11-21(16)19(23)17-6-4-12-24-17/h4,6-10,12-13,16H,3,5,11H2,1-2H3,(H,20,22)/t16-/m0/s1. The number of hydrogen-bond acceptors (Lipinski definition) is 3. The quantitative estimate of drug-likeness (QED) is 0.909. The number of likely N-dealkylation sites (tertiary alicyclic amines) is 1. The smallest absolute Gasteiger partial charge is 0.264 e. The predicted octanol–water partition coefficient (Wildman–Crippen LogP) is 4.11. The Morgan fingerprint density at radius 3 is 2.58 bits per heavy atom. The van der Waals surface area contributed by atoms with Crippen molar-refractivity contribution in [1.82, 2.24) is 4.90 Å². The van der Waals surface area contributed by atoms with Gasteiger partial charge in [-0.15, -0.1) is 11.3 Å². The summed E-state index contributed by atoms with van der Waals surface area (Å²) in [6.07, 6.45) is 1.58. The Morgan fingerprint density at radius 2 is 1.96 bits per heavy atom. The highest BCUT2D eigenvalue weighted by atomic mass is 32.1. The van der Waals surface area contributed by atoms with Crippen molar-refractivity contribution in [2.24, 2.45) is 0 Å². The third-order valence-corrected chi connectivity index (χ3v) is 5.25. The van der Waals surface area contributed by atoms with E-state index >= 15 is 0 Å². The molecule has 0 radical (unpaired) electrons. The summed E-state index contributed by atoms with van der Waals surface area (Å²) < 4.78 is 0. The number of carbonyl (C=O) groups is 2. The van der Waals surface area contributed by atoms with Crippen LogP contribution in [0.5, 0.6) is 0 Å². The molecule has 4 nitrogen and oxygen atoms in total. The molecule has 1 aromatic carbocycles. The van der Waals surface area contributed by atoms with Crippen molar-refractivity contribution in [2.75, 3.05) is 11.9 Å². The molecule has 2 amide bonds. The molecule has 1 aliphatic heterocycles. The van der Waals surface area contributed by atoms with Gasteiger partial charge in [0, 0.05) is 12.2 Å². The van der Waals surface area contributed by atoms with Gasteiger partial charge in [-0.25, -0.2) is 0 Å². The van der Waals surface area contributed by atoms with Gasteiger partial charge in [0.05, 0.1) is 4.88 Å². The topological polar surface area (TPSA) is 49.4 Å². The molecule has 1 atom stereocenters. The fraction of sp³-hybridized carbons (Fsp3) is 0.368. The molecular weight excluding hydrogens is 320 g/mol. The number of nitrogens with one attached hydrogen (secondary N) is 1. The molecule has 2 aromatic rings. The Bertz CT molecular complexity index is 707. The summed E-state index contributed by atoms with van der Waals surface area (Å²) in [5.74, 6) is 0.316. The fourth-order valence-electron chi connectivity index (χ4n) is 3.00. The average Bonchev–Trinajstić information content (AvgIpc) is 3.26. The van der Waals surface area contributed by atoms with E-state index in [4.69, 9.17) is 0 Å². The van der Waals surface area contributed by atoms with Gasteiger partial charge in [-0.3, -0.25) is 9.59 Å². The van der Waals surface area contributed by atoms with Crippen LogP contribution in [0.1, 0.15) is 47.8 Å². The van der Waals surface area contributed by atoms with Gasteiger partial charge in [0.15, 0.2) is 0 Å². The van der Waals surface area contributed by atoms with Crippen molar-refractivity contribution < 1.29 is 9.59 Å². The van der Waals surface area contributed by atoms with Crippen LogP contribution in [-0.2, 0) is 4.79 Å². The molecule has 3 rings (SSSR count). The maximum absolute atomic E-state index is 12.6. The second-order valence-electron chi connectivity index (χ2n) is 6.40. The first kappa shape index (κ1) is 16.7. The summed E-state index contributed by atoms with van der Waals surface area (Å²) in [7, 11) is 0. The van der Waals surface area contributed by atoms with Gasteiger partial charge >= 0.3 is 0 Å². The number of benzene rings is 1. The molecule has 126 valence electrons. The van der Waals surface area contributed by atoms with E-state index in [1.54, 1.807) is 4.90 Å². The molecule has 1 N–H and O–H groups in total. The van der Waals surface area contributed by atoms with E-state index < -0.39 is 0 Å². The summed E-state index contributed by atoms with van der Waals surface area (Å²) in [5, 5.41) is 4.83. The molecule has 1 saturated heterocycles. The number of rotatable bonds is 4. The van der Waals surface area contributed by atoms with Crippen molar-refractivity contribution in [3.8, 4) is 0 Å². The van der Waals surface area contributed by atoms with Crippen LogP contribution in [-0.4, -0.2) is 29.3 Å². The minimum atomic E-state index is -0.385. The SMILES string of the molecule is CC(C)c1ccc(NC(=O)[C@@H]2CCCN2C(=O)c2cccs2)cc1. The van der Waals surface area contributed by atoms with Crippen LogP contribution >= 0.6 is 11.3 Å². The Hall–Kier alpha value is -2.14. The highest BCUT2D eigenvalue weighted by molar-refractivity contribution is 7.12. The summed E-state index contributed by atoms with van der Waals surface area (Å²) in [6, 6.07) is 11.2. The number of amides is 2. The lowest BCUT2D eigenvalue weighted by Crippen LogP contribution is -2.42. The molecule has 1 fully saturated rings. The van der Waals surface area contributed by atoms with Gasteiger partial charge in [0.2, 0.25) is 5.91 Å². The third-order valence-electron chi connectivity index (χ3n) is 4.39. The van der Waals surface area contributed by atoms with Gasteiger partial charge in [-0.2, -0.15) is 0 Å². The fourth-order valence-corrected chi connectivity index (χ4v) is 3.68. The number of nitrogens with zero attached hydrogens (tertiary/aromatic N) is 1. The molecule has 0 bridgehead atoms. The number of hydrogen-bond donors (Lipinski definition) is 1. The normalized spacial score (nSPS) is 17.3. The van der Waals surface area contributed by atoms with E-state index in [0.717, 1.165) is 12.1 Å². The van der Waals surface area contributed by atoms with Crippen LogP contribution in [0.15, 0.2) is 41.8 Å². The molecule has 0 aliphatic carbocycles. The highest BCUT2D eigenvalue weighted by Crippen LogP contribution is 2.24. The predicted molar refractivity (Wildman–Crippen MR) is 97.5 cm³/mol. The second-order valence-corrected chi connectivity index (χ2v) is 7.35. The lowest BCUT2D eigenvalue weighted by atomic mass is 10.0. The first-order chi connectivity index (χ1) is 11.6. The largest absolute Gasteiger partial charge is 0.326 e. The Labute approximate surface area is 146 Å². The van der Waals surface area contributed by atoms with E-state index in [1.165, 1.54) is 16.9 Å². The van der Waals surface area contributed by atoms with Crippen molar-refractivity contribution >= 4 is 28.8 Å². The molecule has 24 heavy (non-hydrogen) atoms. The summed E-state index contributed by atoms with van der Waals surface area (Å²) in [4.78, 5) is 27.6. The van der Waals surface area contributed by atoms with E-state index in [1.807, 2.05) is 41.8 Å². The van der Waals surface area contributed by atoms with Crippen LogP contribution in [0.3, 0.4) is 0 Å². The van der Waals surface area contributed by atoms with Crippen LogP contribution in [0.2, 0.25) is 0 Å².